The van der Waals surface area contributed by atoms with Crippen LogP contribution in [0.3, 0.4) is 0 Å². The molecule has 3 aliphatic heterocycles. The van der Waals surface area contributed by atoms with Gasteiger partial charge in [0.2, 0.25) is 5.91 Å². The monoisotopic (exact) mass is 274 g/mol. The number of amides is 1. The molecule has 0 radical (unpaired) electrons. The summed E-state index contributed by atoms with van der Waals surface area (Å²) in [5.74, 6) is 0.616. The van der Waals surface area contributed by atoms with Gasteiger partial charge in [-0.2, -0.15) is 0 Å². The second-order valence-corrected chi connectivity index (χ2v) is 5.82. The summed E-state index contributed by atoms with van der Waals surface area (Å²) in [4.78, 5) is 14.5. The van der Waals surface area contributed by atoms with Crippen molar-refractivity contribution in [2.75, 3.05) is 39.4 Å². The molecule has 3 saturated heterocycles. The van der Waals surface area contributed by atoms with Gasteiger partial charge in [0, 0.05) is 44.2 Å². The number of hydrogen-bond donors (Lipinski definition) is 1. The lowest BCUT2D eigenvalue weighted by Crippen LogP contribution is -2.39. The Morgan fingerprint density at radius 1 is 1.28 bits per heavy atom. The summed E-state index contributed by atoms with van der Waals surface area (Å²) in [5, 5.41) is 3.44. The lowest BCUT2D eigenvalue weighted by molar-refractivity contribution is -0.137. The average molecular weight is 275 g/mol. The molecule has 1 unspecified atom stereocenters. The highest BCUT2D eigenvalue weighted by Gasteiger charge is 2.42. The van der Waals surface area contributed by atoms with E-state index in [1.807, 2.05) is 0 Å². The molecule has 4 nitrogen and oxygen atoms in total. The van der Waals surface area contributed by atoms with Crippen molar-refractivity contribution in [1.29, 1.82) is 0 Å². The summed E-state index contributed by atoms with van der Waals surface area (Å²) in [5.41, 5.74) is 0.404. The topological polar surface area (TPSA) is 41.6 Å². The molecular formula is C13H23ClN2O2. The Morgan fingerprint density at radius 3 is 2.72 bits per heavy atom. The van der Waals surface area contributed by atoms with Gasteiger partial charge in [-0.1, -0.05) is 0 Å². The first-order valence-corrected chi connectivity index (χ1v) is 6.86. The molecule has 0 saturated carbocycles. The number of nitrogens with one attached hydrogen (secondary N) is 1. The summed E-state index contributed by atoms with van der Waals surface area (Å²) in [6, 6.07) is 0. The van der Waals surface area contributed by atoms with Gasteiger partial charge in [0.1, 0.15) is 0 Å². The van der Waals surface area contributed by atoms with E-state index < -0.39 is 0 Å². The van der Waals surface area contributed by atoms with Crippen LogP contribution in [0.4, 0.5) is 0 Å². The van der Waals surface area contributed by atoms with Gasteiger partial charge in [0.15, 0.2) is 0 Å². The second kappa shape index (κ2) is 5.76. The molecule has 18 heavy (non-hydrogen) atoms. The zero-order chi connectivity index (χ0) is 11.7. The van der Waals surface area contributed by atoms with Crippen LogP contribution in [0.5, 0.6) is 0 Å². The highest BCUT2D eigenvalue weighted by Crippen LogP contribution is 2.37. The van der Waals surface area contributed by atoms with E-state index in [0.29, 0.717) is 11.3 Å². The van der Waals surface area contributed by atoms with Crippen LogP contribution in [0.1, 0.15) is 25.7 Å². The largest absolute Gasteiger partial charge is 0.381 e. The molecule has 3 heterocycles. The number of carbonyl (C=O) groups is 1. The number of rotatable bonds is 1. The standard InChI is InChI=1S/C13H22N2O2.ClH/c16-12(11-1-7-17-8-2-11)15-6-4-13(10-15)3-5-14-9-13;/h11,14H,1-10H2;1H. The van der Waals surface area contributed by atoms with E-state index >= 15 is 0 Å². The molecule has 0 aromatic rings. The van der Waals surface area contributed by atoms with E-state index in [0.717, 1.165) is 52.2 Å². The summed E-state index contributed by atoms with van der Waals surface area (Å²) in [7, 11) is 0. The van der Waals surface area contributed by atoms with E-state index in [4.69, 9.17) is 4.74 Å². The molecule has 0 aromatic heterocycles. The molecule has 3 aliphatic rings. The minimum absolute atomic E-state index is 0. The summed E-state index contributed by atoms with van der Waals surface area (Å²) >= 11 is 0. The minimum atomic E-state index is 0. The van der Waals surface area contributed by atoms with Crippen LogP contribution in [0.25, 0.3) is 0 Å². The predicted octanol–water partition coefficient (Wildman–Crippen LogP) is 1.05. The Balaban J connectivity index is 0.00000120. The number of ether oxygens (including phenoxy) is 1. The number of halogens is 1. The van der Waals surface area contributed by atoms with Gasteiger partial charge in [-0.3, -0.25) is 4.79 Å². The van der Waals surface area contributed by atoms with Crippen molar-refractivity contribution in [1.82, 2.24) is 10.2 Å². The zero-order valence-corrected chi connectivity index (χ0v) is 11.6. The summed E-state index contributed by atoms with van der Waals surface area (Å²) < 4.78 is 5.33. The van der Waals surface area contributed by atoms with Crippen molar-refractivity contribution in [2.24, 2.45) is 11.3 Å². The molecule has 1 atom stereocenters. The van der Waals surface area contributed by atoms with Crippen LogP contribution in [-0.4, -0.2) is 50.2 Å². The first kappa shape index (κ1) is 14.1. The Bertz CT molecular complexity index is 299. The average Bonchev–Trinajstić information content (AvgIpc) is 3.01. The molecule has 5 heteroatoms. The van der Waals surface area contributed by atoms with Crippen LogP contribution in [0, 0.1) is 11.3 Å². The van der Waals surface area contributed by atoms with Crippen LogP contribution < -0.4 is 5.32 Å². The molecule has 0 aromatic carbocycles. The maximum atomic E-state index is 12.4. The molecule has 1 N–H and O–H groups in total. The van der Waals surface area contributed by atoms with Crippen LogP contribution in [-0.2, 0) is 9.53 Å². The zero-order valence-electron chi connectivity index (χ0n) is 10.8. The van der Waals surface area contributed by atoms with Crippen molar-refractivity contribution in [3.05, 3.63) is 0 Å². The maximum Gasteiger partial charge on any atom is 0.225 e. The lowest BCUT2D eigenvalue weighted by Gasteiger charge is -2.28. The van der Waals surface area contributed by atoms with E-state index in [-0.39, 0.29) is 18.3 Å². The Hall–Kier alpha value is -0.320. The second-order valence-electron chi connectivity index (χ2n) is 5.82. The third kappa shape index (κ3) is 2.65. The SMILES string of the molecule is Cl.O=C(C1CCOCC1)N1CCC2(CCNC2)C1. The molecule has 104 valence electrons. The van der Waals surface area contributed by atoms with Crippen LogP contribution in [0.2, 0.25) is 0 Å². The van der Waals surface area contributed by atoms with Crippen LogP contribution in [0.15, 0.2) is 0 Å². The quantitative estimate of drug-likeness (QED) is 0.777. The maximum absolute atomic E-state index is 12.4. The smallest absolute Gasteiger partial charge is 0.225 e. The first-order valence-electron chi connectivity index (χ1n) is 6.86. The molecule has 0 bridgehead atoms. The van der Waals surface area contributed by atoms with Crippen molar-refractivity contribution in [3.8, 4) is 0 Å². The highest BCUT2D eigenvalue weighted by atomic mass is 35.5. The van der Waals surface area contributed by atoms with Crippen molar-refractivity contribution >= 4 is 18.3 Å². The van der Waals surface area contributed by atoms with Gasteiger partial charge >= 0.3 is 0 Å². The number of nitrogens with zero attached hydrogens (tertiary/aromatic N) is 1. The molecule has 1 spiro atoms. The third-order valence-corrected chi connectivity index (χ3v) is 4.65. The normalized spacial score (nSPS) is 32.8. The third-order valence-electron chi connectivity index (χ3n) is 4.65. The Morgan fingerprint density at radius 2 is 2.06 bits per heavy atom. The van der Waals surface area contributed by atoms with Gasteiger partial charge in [-0.15, -0.1) is 12.4 Å². The fourth-order valence-electron chi connectivity index (χ4n) is 3.47. The van der Waals surface area contributed by atoms with E-state index in [1.165, 1.54) is 12.8 Å². The molecular weight excluding hydrogens is 252 g/mol. The fraction of sp³-hybridized carbons (Fsp3) is 0.923. The van der Waals surface area contributed by atoms with E-state index in [1.54, 1.807) is 0 Å². The number of carbonyl (C=O) groups excluding carboxylic acids is 1. The predicted molar refractivity (Wildman–Crippen MR) is 71.9 cm³/mol. The number of hydrogen-bond acceptors (Lipinski definition) is 3. The van der Waals surface area contributed by atoms with Gasteiger partial charge in [-0.05, 0) is 32.2 Å². The van der Waals surface area contributed by atoms with Crippen LogP contribution >= 0.6 is 12.4 Å². The lowest BCUT2D eigenvalue weighted by atomic mass is 9.86. The van der Waals surface area contributed by atoms with E-state index in [2.05, 4.69) is 10.2 Å². The van der Waals surface area contributed by atoms with Crippen molar-refractivity contribution in [3.63, 3.8) is 0 Å². The first-order chi connectivity index (χ1) is 8.29. The fourth-order valence-corrected chi connectivity index (χ4v) is 3.47. The van der Waals surface area contributed by atoms with E-state index in [9.17, 15) is 4.79 Å². The molecule has 1 amide bonds. The summed E-state index contributed by atoms with van der Waals surface area (Å²) in [6.07, 6.45) is 4.26. The Kier molecular flexibility index (Phi) is 4.51. The highest BCUT2D eigenvalue weighted by molar-refractivity contribution is 5.85. The van der Waals surface area contributed by atoms with Gasteiger partial charge in [0.25, 0.3) is 0 Å². The summed E-state index contributed by atoms with van der Waals surface area (Å²) in [6.45, 7) is 5.70. The van der Waals surface area contributed by atoms with Gasteiger partial charge < -0.3 is 15.0 Å². The van der Waals surface area contributed by atoms with Gasteiger partial charge in [0.05, 0.1) is 0 Å². The molecule has 3 rings (SSSR count). The molecule has 0 aliphatic carbocycles. The van der Waals surface area contributed by atoms with Crippen molar-refractivity contribution < 1.29 is 9.53 Å². The number of likely N-dealkylation sites (tertiary alicyclic amines) is 1. The van der Waals surface area contributed by atoms with Crippen molar-refractivity contribution in [2.45, 2.75) is 25.7 Å². The Labute approximate surface area is 115 Å². The minimum Gasteiger partial charge on any atom is -0.381 e. The molecule has 3 fully saturated rings. The van der Waals surface area contributed by atoms with Gasteiger partial charge in [-0.25, -0.2) is 0 Å².